The molecular weight excluding hydrogens is 480 g/mol. The molecule has 0 bridgehead atoms. The number of unbranched alkanes of at least 4 members (excludes halogenated alkanes) is 24. The molecule has 0 amide bonds. The zero-order valence-electron chi connectivity index (χ0n) is 26.7. The lowest BCUT2D eigenvalue weighted by molar-refractivity contribution is 0.252. The molecule has 3 nitrogen and oxygen atoms in total. The molecule has 0 fully saturated rings. The van der Waals surface area contributed by atoms with E-state index in [-0.39, 0.29) is 13.2 Å². The summed E-state index contributed by atoms with van der Waals surface area (Å²) in [5.74, 6) is 1.74. The molecule has 2 N–H and O–H groups in total. The van der Waals surface area contributed by atoms with E-state index in [1.807, 2.05) is 0 Å². The van der Waals surface area contributed by atoms with Crippen LogP contribution in [-0.2, 0) is 4.74 Å². The minimum Gasteiger partial charge on any atom is -0.467 e. The summed E-state index contributed by atoms with van der Waals surface area (Å²) >= 11 is 0. The fourth-order valence-corrected chi connectivity index (χ4v) is 5.40. The lowest BCUT2D eigenvalue weighted by Gasteiger charge is -2.14. The van der Waals surface area contributed by atoms with Crippen LogP contribution in [0.4, 0.5) is 0 Å². The molecule has 39 heavy (non-hydrogen) atoms. The normalized spacial score (nSPS) is 12.4. The number of hydrogen-bond donors (Lipinski definition) is 2. The minimum atomic E-state index is 0.0128. The van der Waals surface area contributed by atoms with E-state index in [9.17, 15) is 10.2 Å². The van der Waals surface area contributed by atoms with Gasteiger partial charge in [-0.3, -0.25) is 0 Å². The van der Waals surface area contributed by atoms with Crippen molar-refractivity contribution in [2.45, 2.75) is 194 Å². The number of hydrogen-bond acceptors (Lipinski definition) is 3. The maximum absolute atomic E-state index is 9.46. The number of allylic oxidation sites excluding steroid dienone is 2. The highest BCUT2D eigenvalue weighted by Crippen LogP contribution is 2.21. The van der Waals surface area contributed by atoms with Gasteiger partial charge in [0.15, 0.2) is 0 Å². The summed E-state index contributed by atoms with van der Waals surface area (Å²) in [5, 5.41) is 18.9. The van der Waals surface area contributed by atoms with Gasteiger partial charge in [-0.1, -0.05) is 168 Å². The highest BCUT2D eigenvalue weighted by atomic mass is 16.5. The van der Waals surface area contributed by atoms with E-state index in [0.29, 0.717) is 0 Å². The molecule has 0 rings (SSSR count). The summed E-state index contributed by atoms with van der Waals surface area (Å²) in [6.07, 6.45) is 40.4. The second-order valence-electron chi connectivity index (χ2n) is 11.8. The Morgan fingerprint density at radius 2 is 0.615 bits per heavy atom. The Kier molecular flexibility index (Phi) is 32.7. The van der Waals surface area contributed by atoms with E-state index < -0.39 is 0 Å². The van der Waals surface area contributed by atoms with Crippen molar-refractivity contribution in [3.8, 4) is 0 Å². The third-order valence-corrected chi connectivity index (χ3v) is 7.95. The first-order chi connectivity index (χ1) is 19.3. The van der Waals surface area contributed by atoms with E-state index in [1.54, 1.807) is 12.2 Å². The van der Waals surface area contributed by atoms with E-state index in [2.05, 4.69) is 13.8 Å². The number of aliphatic hydroxyl groups is 2. The standard InChI is InChI=1S/C36H70O3/c1-3-5-7-9-11-13-15-17-19-21-23-25-27-29-35(31-33-37)39-36(32-34-38)30-28-26-24-22-20-18-16-14-12-10-8-6-4-2/h31-32,37-38H,3-30,33-34H2,1-2H3. The molecule has 0 spiro atoms. The predicted molar refractivity (Wildman–Crippen MR) is 172 cm³/mol. The zero-order valence-corrected chi connectivity index (χ0v) is 26.7. The Hall–Kier alpha value is -0.800. The molecule has 0 aromatic rings. The molecule has 0 aromatic carbocycles. The van der Waals surface area contributed by atoms with Crippen molar-refractivity contribution >= 4 is 0 Å². The lowest BCUT2D eigenvalue weighted by atomic mass is 10.0. The van der Waals surface area contributed by atoms with Crippen molar-refractivity contribution in [2.24, 2.45) is 0 Å². The van der Waals surface area contributed by atoms with Crippen LogP contribution < -0.4 is 0 Å². The van der Waals surface area contributed by atoms with Gasteiger partial charge in [0.1, 0.15) is 11.5 Å². The van der Waals surface area contributed by atoms with Crippen molar-refractivity contribution in [3.63, 3.8) is 0 Å². The zero-order chi connectivity index (χ0) is 28.5. The Morgan fingerprint density at radius 3 is 0.846 bits per heavy atom. The lowest BCUT2D eigenvalue weighted by Crippen LogP contribution is -1.98. The van der Waals surface area contributed by atoms with Gasteiger partial charge in [0.25, 0.3) is 0 Å². The van der Waals surface area contributed by atoms with Gasteiger partial charge in [-0.15, -0.1) is 0 Å². The van der Waals surface area contributed by atoms with Crippen LogP contribution in [-0.4, -0.2) is 23.4 Å². The highest BCUT2D eigenvalue weighted by molar-refractivity contribution is 5.02. The van der Waals surface area contributed by atoms with Crippen LogP contribution in [0.15, 0.2) is 23.7 Å². The molecule has 0 atom stereocenters. The third kappa shape index (κ3) is 30.0. The van der Waals surface area contributed by atoms with Crippen molar-refractivity contribution in [1.29, 1.82) is 0 Å². The van der Waals surface area contributed by atoms with Crippen LogP contribution in [0, 0.1) is 0 Å². The van der Waals surface area contributed by atoms with Crippen molar-refractivity contribution in [1.82, 2.24) is 0 Å². The average Bonchev–Trinajstić information content (AvgIpc) is 2.94. The summed E-state index contributed by atoms with van der Waals surface area (Å²) in [6, 6.07) is 0. The number of rotatable bonds is 32. The Bertz CT molecular complexity index is 479. The summed E-state index contributed by atoms with van der Waals surface area (Å²) in [7, 11) is 0. The number of ether oxygens (including phenoxy) is 1. The molecule has 0 unspecified atom stereocenters. The predicted octanol–water partition coefficient (Wildman–Crippen LogP) is 11.7. The smallest absolute Gasteiger partial charge is 0.102 e. The first kappa shape index (κ1) is 38.2. The second kappa shape index (κ2) is 33.4. The maximum Gasteiger partial charge on any atom is 0.102 e. The molecule has 0 saturated heterocycles. The molecule has 0 aliphatic carbocycles. The van der Waals surface area contributed by atoms with E-state index in [0.717, 1.165) is 37.2 Å². The molecular formula is C36H70O3. The van der Waals surface area contributed by atoms with Gasteiger partial charge in [-0.05, 0) is 25.0 Å². The quantitative estimate of drug-likeness (QED) is 0.0646. The van der Waals surface area contributed by atoms with Crippen LogP contribution >= 0.6 is 0 Å². The monoisotopic (exact) mass is 551 g/mol. The van der Waals surface area contributed by atoms with Crippen molar-refractivity contribution in [2.75, 3.05) is 13.2 Å². The Labute approximate surface area is 245 Å². The van der Waals surface area contributed by atoms with Crippen molar-refractivity contribution in [3.05, 3.63) is 23.7 Å². The van der Waals surface area contributed by atoms with E-state index >= 15 is 0 Å². The van der Waals surface area contributed by atoms with Crippen LogP contribution in [0.3, 0.4) is 0 Å². The minimum absolute atomic E-state index is 0.0128. The van der Waals surface area contributed by atoms with Gasteiger partial charge in [0.2, 0.25) is 0 Å². The van der Waals surface area contributed by atoms with E-state index in [4.69, 9.17) is 4.74 Å². The Morgan fingerprint density at radius 1 is 0.385 bits per heavy atom. The second-order valence-corrected chi connectivity index (χ2v) is 11.8. The highest BCUT2D eigenvalue weighted by Gasteiger charge is 2.05. The van der Waals surface area contributed by atoms with Gasteiger partial charge in [-0.25, -0.2) is 0 Å². The first-order valence-corrected chi connectivity index (χ1v) is 17.6. The van der Waals surface area contributed by atoms with Crippen molar-refractivity contribution < 1.29 is 14.9 Å². The molecule has 0 radical (unpaired) electrons. The van der Waals surface area contributed by atoms with Gasteiger partial charge in [0.05, 0.1) is 13.2 Å². The SMILES string of the molecule is CCCCCCCCCCCCCCCC(=CCO)OC(=CCO)CCCCCCCCCCCCCCC. The fraction of sp³-hybridized carbons (Fsp3) is 0.889. The van der Waals surface area contributed by atoms with E-state index in [1.165, 1.54) is 154 Å². The molecule has 0 saturated carbocycles. The molecule has 0 heterocycles. The van der Waals surface area contributed by atoms with Crippen LogP contribution in [0.25, 0.3) is 0 Å². The number of aliphatic hydroxyl groups excluding tert-OH is 2. The van der Waals surface area contributed by atoms with Gasteiger partial charge in [-0.2, -0.15) is 0 Å². The molecule has 3 heteroatoms. The third-order valence-electron chi connectivity index (χ3n) is 7.95. The van der Waals surface area contributed by atoms with Gasteiger partial charge >= 0.3 is 0 Å². The average molecular weight is 551 g/mol. The fourth-order valence-electron chi connectivity index (χ4n) is 5.40. The van der Waals surface area contributed by atoms with Crippen LogP contribution in [0.1, 0.15) is 194 Å². The Balaban J connectivity index is 3.82. The van der Waals surface area contributed by atoms with Gasteiger partial charge < -0.3 is 14.9 Å². The molecule has 0 aliphatic rings. The first-order valence-electron chi connectivity index (χ1n) is 17.6. The molecule has 0 aliphatic heterocycles. The van der Waals surface area contributed by atoms with Crippen LogP contribution in [0.5, 0.6) is 0 Å². The van der Waals surface area contributed by atoms with Gasteiger partial charge in [0, 0.05) is 12.8 Å². The topological polar surface area (TPSA) is 49.7 Å². The summed E-state index contributed by atoms with van der Waals surface area (Å²) in [4.78, 5) is 0. The summed E-state index contributed by atoms with van der Waals surface area (Å²) in [5.41, 5.74) is 0. The molecule has 232 valence electrons. The maximum atomic E-state index is 9.46. The largest absolute Gasteiger partial charge is 0.467 e. The summed E-state index contributed by atoms with van der Waals surface area (Å²) < 4.78 is 6.15. The molecule has 0 aromatic heterocycles. The summed E-state index contributed by atoms with van der Waals surface area (Å²) in [6.45, 7) is 4.59. The van der Waals surface area contributed by atoms with Crippen LogP contribution in [0.2, 0.25) is 0 Å².